The molecule has 1 amide bonds. The number of aryl methyl sites for hydroxylation is 1. The van der Waals surface area contributed by atoms with E-state index >= 15 is 0 Å². The average molecular weight is 388 g/mol. The van der Waals surface area contributed by atoms with Crippen LogP contribution >= 0.6 is 0 Å². The minimum Gasteiger partial charge on any atom is -0.336 e. The van der Waals surface area contributed by atoms with Crippen molar-refractivity contribution in [2.45, 2.75) is 13.0 Å². The summed E-state index contributed by atoms with van der Waals surface area (Å²) in [4.78, 5) is 16.9. The molecule has 4 rings (SSSR count). The highest BCUT2D eigenvalue weighted by Crippen LogP contribution is 2.30. The lowest BCUT2D eigenvalue weighted by Crippen LogP contribution is -2.50. The quantitative estimate of drug-likeness (QED) is 0.648. The lowest BCUT2D eigenvalue weighted by atomic mass is 9.95. The second-order valence-electron chi connectivity index (χ2n) is 7.53. The van der Waals surface area contributed by atoms with E-state index in [4.69, 9.17) is 0 Å². The van der Waals surface area contributed by atoms with Gasteiger partial charge in [0.15, 0.2) is 0 Å². The van der Waals surface area contributed by atoms with Crippen LogP contribution in [0.2, 0.25) is 0 Å². The number of amides is 1. The lowest BCUT2D eigenvalue weighted by Gasteiger charge is -2.40. The van der Waals surface area contributed by atoms with Gasteiger partial charge in [-0.25, -0.2) is 4.39 Å². The maximum absolute atomic E-state index is 14.0. The van der Waals surface area contributed by atoms with Crippen LogP contribution in [-0.2, 0) is 0 Å². The van der Waals surface area contributed by atoms with Gasteiger partial charge in [-0.3, -0.25) is 9.69 Å². The molecule has 1 aliphatic heterocycles. The van der Waals surface area contributed by atoms with Crippen LogP contribution in [0.25, 0.3) is 0 Å². The molecule has 1 saturated heterocycles. The van der Waals surface area contributed by atoms with Gasteiger partial charge in [0.1, 0.15) is 5.82 Å². The van der Waals surface area contributed by atoms with Crippen molar-refractivity contribution in [3.05, 3.63) is 107 Å². The Balaban J connectivity index is 1.53. The molecule has 148 valence electrons. The third kappa shape index (κ3) is 4.22. The van der Waals surface area contributed by atoms with Crippen LogP contribution in [0.3, 0.4) is 0 Å². The molecule has 1 heterocycles. The van der Waals surface area contributed by atoms with E-state index < -0.39 is 5.82 Å². The molecular formula is C25H25FN2O. The number of carbonyl (C=O) groups excluding carboxylic acids is 1. The van der Waals surface area contributed by atoms with Gasteiger partial charge in [0.05, 0.1) is 11.6 Å². The minimum atomic E-state index is -0.457. The predicted molar refractivity (Wildman–Crippen MR) is 113 cm³/mol. The Morgan fingerprint density at radius 3 is 2.03 bits per heavy atom. The van der Waals surface area contributed by atoms with Crippen molar-refractivity contribution in [3.63, 3.8) is 0 Å². The Morgan fingerprint density at radius 2 is 1.38 bits per heavy atom. The molecule has 29 heavy (non-hydrogen) atoms. The molecule has 0 unspecified atom stereocenters. The fraction of sp³-hybridized carbons (Fsp3) is 0.240. The number of rotatable bonds is 4. The summed E-state index contributed by atoms with van der Waals surface area (Å²) in [5, 5.41) is 0. The second-order valence-corrected chi connectivity index (χ2v) is 7.53. The fourth-order valence-electron chi connectivity index (χ4n) is 3.99. The van der Waals surface area contributed by atoms with Crippen molar-refractivity contribution < 1.29 is 9.18 Å². The molecule has 1 fully saturated rings. The van der Waals surface area contributed by atoms with E-state index in [0.717, 1.165) is 13.1 Å². The van der Waals surface area contributed by atoms with Crippen LogP contribution in [0.5, 0.6) is 0 Å². The summed E-state index contributed by atoms with van der Waals surface area (Å²) in [6.45, 7) is 4.75. The zero-order chi connectivity index (χ0) is 20.2. The summed E-state index contributed by atoms with van der Waals surface area (Å²) in [5.74, 6) is -0.684. The number of benzene rings is 3. The van der Waals surface area contributed by atoms with Crippen LogP contribution in [0.1, 0.15) is 33.1 Å². The highest BCUT2D eigenvalue weighted by atomic mass is 19.1. The van der Waals surface area contributed by atoms with Crippen molar-refractivity contribution in [2.24, 2.45) is 0 Å². The Kier molecular flexibility index (Phi) is 5.72. The SMILES string of the molecule is Cc1ccc([C@H](c2ccccc2)N2CCN(C(=O)c3ccccc3F)CC2)cc1. The molecule has 4 heteroatoms. The summed E-state index contributed by atoms with van der Waals surface area (Å²) in [6.07, 6.45) is 0. The van der Waals surface area contributed by atoms with Gasteiger partial charge in [-0.2, -0.15) is 0 Å². The maximum Gasteiger partial charge on any atom is 0.256 e. The van der Waals surface area contributed by atoms with Crippen LogP contribution in [0.4, 0.5) is 4.39 Å². The Hall–Kier alpha value is -2.98. The highest BCUT2D eigenvalue weighted by molar-refractivity contribution is 5.94. The van der Waals surface area contributed by atoms with Crippen LogP contribution in [0.15, 0.2) is 78.9 Å². The number of hydrogen-bond acceptors (Lipinski definition) is 2. The van der Waals surface area contributed by atoms with Crippen molar-refractivity contribution in [3.8, 4) is 0 Å². The molecule has 3 nitrogen and oxygen atoms in total. The molecule has 1 aliphatic rings. The van der Waals surface area contributed by atoms with E-state index in [2.05, 4.69) is 60.4 Å². The molecule has 3 aromatic carbocycles. The van der Waals surface area contributed by atoms with Gasteiger partial charge in [-0.05, 0) is 30.2 Å². The number of piperazine rings is 1. The summed E-state index contributed by atoms with van der Waals surface area (Å²) >= 11 is 0. The Bertz CT molecular complexity index is 964. The Morgan fingerprint density at radius 1 is 0.793 bits per heavy atom. The molecule has 0 saturated carbocycles. The fourth-order valence-corrected chi connectivity index (χ4v) is 3.99. The molecule has 0 aliphatic carbocycles. The minimum absolute atomic E-state index is 0.141. The van der Waals surface area contributed by atoms with Crippen molar-refractivity contribution in [1.29, 1.82) is 0 Å². The standard InChI is InChI=1S/C25H25FN2O/c1-19-11-13-21(14-12-19)24(20-7-3-2-4-8-20)27-15-17-28(18-16-27)25(29)22-9-5-6-10-23(22)26/h2-14,24H,15-18H2,1H3/t24-/m0/s1. The van der Waals surface area contributed by atoms with E-state index in [9.17, 15) is 9.18 Å². The molecule has 1 atom stereocenters. The van der Waals surface area contributed by atoms with E-state index in [1.54, 1.807) is 23.1 Å². The third-order valence-electron chi connectivity index (χ3n) is 5.58. The first-order valence-electron chi connectivity index (χ1n) is 10.0. The van der Waals surface area contributed by atoms with Crippen LogP contribution in [0, 0.1) is 12.7 Å². The van der Waals surface area contributed by atoms with E-state index in [1.807, 2.05) is 6.07 Å². The third-order valence-corrected chi connectivity index (χ3v) is 5.58. The van der Waals surface area contributed by atoms with E-state index in [-0.39, 0.29) is 17.5 Å². The largest absolute Gasteiger partial charge is 0.336 e. The molecule has 0 aromatic heterocycles. The number of carbonyl (C=O) groups is 1. The first kappa shape index (κ1) is 19.3. The maximum atomic E-state index is 14.0. The van der Waals surface area contributed by atoms with E-state index in [1.165, 1.54) is 22.8 Å². The predicted octanol–water partition coefficient (Wildman–Crippen LogP) is 4.68. The zero-order valence-electron chi connectivity index (χ0n) is 16.6. The molecule has 0 radical (unpaired) electrons. The van der Waals surface area contributed by atoms with Gasteiger partial charge in [-0.1, -0.05) is 72.3 Å². The van der Waals surface area contributed by atoms with Gasteiger partial charge < -0.3 is 4.90 Å². The van der Waals surface area contributed by atoms with Crippen molar-refractivity contribution in [2.75, 3.05) is 26.2 Å². The topological polar surface area (TPSA) is 23.6 Å². The van der Waals surface area contributed by atoms with Crippen LogP contribution in [-0.4, -0.2) is 41.9 Å². The monoisotopic (exact) mass is 388 g/mol. The summed E-state index contributed by atoms with van der Waals surface area (Å²) < 4.78 is 14.0. The lowest BCUT2D eigenvalue weighted by molar-refractivity contribution is 0.0593. The summed E-state index contributed by atoms with van der Waals surface area (Å²) in [7, 11) is 0. The van der Waals surface area contributed by atoms with Crippen molar-refractivity contribution in [1.82, 2.24) is 9.80 Å². The average Bonchev–Trinajstić information content (AvgIpc) is 2.76. The molecule has 0 N–H and O–H groups in total. The normalized spacial score (nSPS) is 15.9. The van der Waals surface area contributed by atoms with Gasteiger partial charge >= 0.3 is 0 Å². The van der Waals surface area contributed by atoms with Crippen molar-refractivity contribution >= 4 is 5.91 Å². The summed E-state index contributed by atoms with van der Waals surface area (Å²) in [6, 6.07) is 25.5. The van der Waals surface area contributed by atoms with Gasteiger partial charge in [-0.15, -0.1) is 0 Å². The van der Waals surface area contributed by atoms with Gasteiger partial charge in [0, 0.05) is 26.2 Å². The molecule has 0 spiro atoms. The molecule has 3 aromatic rings. The smallest absolute Gasteiger partial charge is 0.256 e. The van der Waals surface area contributed by atoms with Gasteiger partial charge in [0.25, 0.3) is 5.91 Å². The number of halogens is 1. The first-order chi connectivity index (χ1) is 14.1. The highest BCUT2D eigenvalue weighted by Gasteiger charge is 2.29. The number of nitrogens with zero attached hydrogens (tertiary/aromatic N) is 2. The zero-order valence-corrected chi connectivity index (χ0v) is 16.6. The first-order valence-corrected chi connectivity index (χ1v) is 10.0. The second kappa shape index (κ2) is 8.58. The summed E-state index contributed by atoms with van der Waals surface area (Å²) in [5.41, 5.74) is 3.88. The van der Waals surface area contributed by atoms with Gasteiger partial charge in [0.2, 0.25) is 0 Å². The Labute approximate surface area is 171 Å². The van der Waals surface area contributed by atoms with E-state index in [0.29, 0.717) is 13.1 Å². The molecular weight excluding hydrogens is 363 g/mol. The number of hydrogen-bond donors (Lipinski definition) is 0. The molecule has 0 bridgehead atoms. The van der Waals surface area contributed by atoms with Crippen LogP contribution < -0.4 is 0 Å².